The van der Waals surface area contributed by atoms with Gasteiger partial charge in [-0.15, -0.1) is 0 Å². The number of hydrogen-bond acceptors (Lipinski definition) is 20. The zero-order valence-corrected chi connectivity index (χ0v) is 56.5. The number of aliphatic hydroxyl groups excluding tert-OH is 3. The number of aromatic carboxylic acids is 1. The molecule has 4 amide bonds. The number of carboxylic acid groups (broad SMARTS) is 2. The predicted octanol–water partition coefficient (Wildman–Crippen LogP) is 9.60. The number of benzene rings is 3. The van der Waals surface area contributed by atoms with Crippen molar-refractivity contribution in [2.45, 2.75) is 147 Å². The number of unbranched alkanes of at least 4 members (excludes halogenated alkanes) is 2. The number of aromatic nitrogens is 5. The predicted molar refractivity (Wildman–Crippen MR) is 363 cm³/mol. The van der Waals surface area contributed by atoms with Gasteiger partial charge in [0.1, 0.15) is 48.8 Å². The van der Waals surface area contributed by atoms with Crippen LogP contribution in [0.3, 0.4) is 0 Å². The Morgan fingerprint density at radius 2 is 1.54 bits per heavy atom. The van der Waals surface area contributed by atoms with Crippen molar-refractivity contribution in [3.05, 3.63) is 126 Å². The fourth-order valence-corrected chi connectivity index (χ4v) is 17.3. The van der Waals surface area contributed by atoms with Gasteiger partial charge in [0.15, 0.2) is 10.8 Å². The summed E-state index contributed by atoms with van der Waals surface area (Å²) in [6.45, 7) is 8.19. The number of pyridine rings is 2. The lowest BCUT2D eigenvalue weighted by Gasteiger charge is -2.69. The Balaban J connectivity index is 0.655. The molecular weight excluding hydrogens is 1290 g/mol. The van der Waals surface area contributed by atoms with E-state index in [-0.39, 0.29) is 90.6 Å². The summed E-state index contributed by atoms with van der Waals surface area (Å²) in [6.07, 6.45) is 6.83. The number of hydrogen-bond donors (Lipinski definition) is 6. The van der Waals surface area contributed by atoms with E-state index >= 15 is 0 Å². The molecule has 1 aliphatic heterocycles. The monoisotopic (exact) mass is 1370 g/mol. The summed E-state index contributed by atoms with van der Waals surface area (Å²) in [5, 5.41) is 61.6. The molecular formula is C73H82N8O17S. The van der Waals surface area contributed by atoms with E-state index in [0.29, 0.717) is 114 Å². The molecule has 99 heavy (non-hydrogen) atoms. The van der Waals surface area contributed by atoms with Crippen LogP contribution in [-0.2, 0) is 46.5 Å². The number of nitrogens with zero attached hydrogens (tertiary/aromatic N) is 7. The number of nitrogens with one attached hydrogen (secondary N) is 1. The molecule has 5 fully saturated rings. The zero-order valence-electron chi connectivity index (χ0n) is 55.7. The van der Waals surface area contributed by atoms with Crippen LogP contribution in [0, 0.1) is 29.1 Å². The number of rotatable bonds is 30. The average molecular weight is 1380 g/mol. The van der Waals surface area contributed by atoms with Crippen LogP contribution in [0.4, 0.5) is 9.93 Å². The van der Waals surface area contributed by atoms with Crippen molar-refractivity contribution in [3.8, 4) is 33.9 Å². The van der Waals surface area contributed by atoms with E-state index in [0.717, 1.165) is 54.4 Å². The van der Waals surface area contributed by atoms with Gasteiger partial charge in [-0.05, 0) is 136 Å². The molecule has 2 unspecified atom stereocenters. The lowest BCUT2D eigenvalue weighted by molar-refractivity contribution is -0.248. The second kappa shape index (κ2) is 29.0. The van der Waals surface area contributed by atoms with Crippen molar-refractivity contribution >= 4 is 79.1 Å². The van der Waals surface area contributed by atoms with Crippen LogP contribution in [0.15, 0.2) is 103 Å². The van der Waals surface area contributed by atoms with E-state index in [1.54, 1.807) is 68.0 Å². The Morgan fingerprint density at radius 3 is 2.29 bits per heavy atom. The number of thiazole rings is 1. The molecule has 25 nitrogen and oxygen atoms in total. The van der Waals surface area contributed by atoms with Gasteiger partial charge in [0.25, 0.3) is 17.7 Å². The van der Waals surface area contributed by atoms with Gasteiger partial charge in [-0.3, -0.25) is 43.9 Å². The first-order valence-corrected chi connectivity index (χ1v) is 34.4. The zero-order chi connectivity index (χ0) is 70.0. The van der Waals surface area contributed by atoms with Crippen molar-refractivity contribution in [2.75, 3.05) is 51.9 Å². The number of aliphatic carboxylic acids is 1. The Morgan fingerprint density at radius 1 is 0.768 bits per heavy atom. The van der Waals surface area contributed by atoms with Gasteiger partial charge in [-0.1, -0.05) is 49.8 Å². The van der Waals surface area contributed by atoms with Crippen molar-refractivity contribution < 1.29 is 82.8 Å². The number of fused-ring (bicyclic) bond motifs is 2. The molecule has 0 radical (unpaired) electrons. The summed E-state index contributed by atoms with van der Waals surface area (Å²) < 4.78 is 33.7. The number of imide groups is 1. The molecule has 3 aromatic carbocycles. The third-order valence-corrected chi connectivity index (χ3v) is 21.0. The van der Waals surface area contributed by atoms with E-state index < -0.39 is 54.0 Å². The molecule has 7 aromatic rings. The number of likely N-dealkylation sites (N-methyl/N-ethyl adjacent to an activating group) is 1. The molecule has 5 saturated carbocycles. The number of anilines is 1. The Hall–Kier alpha value is -9.05. The summed E-state index contributed by atoms with van der Waals surface area (Å²) in [5.74, 6) is -4.56. The molecule has 4 bridgehead atoms. The van der Waals surface area contributed by atoms with Crippen LogP contribution in [-0.4, -0.2) is 178 Å². The van der Waals surface area contributed by atoms with Gasteiger partial charge < -0.3 is 54.1 Å². The topological polar surface area (TPSA) is 342 Å². The molecule has 522 valence electrons. The molecule has 0 spiro atoms. The lowest BCUT2D eigenvalue weighted by Crippen LogP contribution is -2.64. The SMILES string of the molecule is Cc1c(-c2ccc(-c3ccc4nccc(C(=O)Nc5nc6ccccc6s5)c4c3)nc2C(=O)O)cnn1CC12CC3(C)CC(C)(C1)CC(OCCN(C)C(=O)OCc1ccc(OCCOCCCC(=O)CCCCCN4C(=O)C=CC4=O)cc1O[C@@H]1C[C@H](C(=O)O)[C@@H](O)[C@H](O)[C@H]1O)(C3)C2. The van der Waals surface area contributed by atoms with E-state index in [1.165, 1.54) is 39.4 Å². The van der Waals surface area contributed by atoms with Crippen LogP contribution >= 0.6 is 11.3 Å². The number of para-hydroxylation sites is 1. The smallest absolute Gasteiger partial charge is 0.409 e. The summed E-state index contributed by atoms with van der Waals surface area (Å²) in [6, 6.07) is 22.9. The van der Waals surface area contributed by atoms with E-state index in [2.05, 4.69) is 29.1 Å². The fraction of sp³-hybridized carbons (Fsp3) is 0.466. The number of carbonyl (C=O) groups is 7. The van der Waals surface area contributed by atoms with E-state index in [9.17, 15) is 59.1 Å². The van der Waals surface area contributed by atoms with Crippen molar-refractivity contribution in [3.63, 3.8) is 0 Å². The maximum absolute atomic E-state index is 13.8. The number of carboxylic acids is 2. The van der Waals surface area contributed by atoms with Crippen LogP contribution in [0.1, 0.15) is 129 Å². The minimum Gasteiger partial charge on any atom is -0.491 e. The molecule has 5 heterocycles. The Bertz CT molecular complexity index is 4220. The molecule has 6 N–H and O–H groups in total. The van der Waals surface area contributed by atoms with Gasteiger partial charge in [0, 0.05) is 110 Å². The second-order valence-electron chi connectivity index (χ2n) is 28.1. The maximum atomic E-state index is 13.8. The van der Waals surface area contributed by atoms with Gasteiger partial charge in [0.2, 0.25) is 0 Å². The lowest BCUT2D eigenvalue weighted by atomic mass is 9.39. The maximum Gasteiger partial charge on any atom is 0.409 e. The first-order chi connectivity index (χ1) is 47.4. The number of ether oxygens (including phenoxy) is 5. The molecule has 13 rings (SSSR count). The number of aliphatic hydroxyl groups is 3. The third kappa shape index (κ3) is 15.6. The minimum absolute atomic E-state index is 0.0453. The van der Waals surface area contributed by atoms with Crippen LogP contribution in [0.2, 0.25) is 0 Å². The number of ketones is 1. The van der Waals surface area contributed by atoms with Crippen molar-refractivity contribution in [2.24, 2.45) is 22.2 Å². The molecule has 4 aromatic heterocycles. The van der Waals surface area contributed by atoms with Gasteiger partial charge >= 0.3 is 18.0 Å². The average Bonchev–Trinajstić information content (AvgIpc) is 0.802. The summed E-state index contributed by atoms with van der Waals surface area (Å²) in [4.78, 5) is 105. The highest BCUT2D eigenvalue weighted by Crippen LogP contribution is 2.72. The summed E-state index contributed by atoms with van der Waals surface area (Å²) in [7, 11) is 1.61. The van der Waals surface area contributed by atoms with E-state index in [4.69, 9.17) is 33.8 Å². The first-order valence-electron chi connectivity index (χ1n) is 33.6. The normalized spacial score (nSPS) is 24.6. The fourth-order valence-electron chi connectivity index (χ4n) is 16.5. The quantitative estimate of drug-likeness (QED) is 0.0180. The molecule has 7 atom stereocenters. The Labute approximate surface area is 575 Å². The highest BCUT2D eigenvalue weighted by molar-refractivity contribution is 7.22. The Kier molecular flexibility index (Phi) is 20.5. The number of carbonyl (C=O) groups excluding carboxylic acids is 5. The van der Waals surface area contributed by atoms with Crippen LogP contribution in [0.25, 0.3) is 43.5 Å². The third-order valence-electron chi connectivity index (χ3n) is 20.0. The number of Topliss-reactive ketones (excluding diaryl/α,β-unsaturated/α-hetero) is 1. The largest absolute Gasteiger partial charge is 0.491 e. The standard InChI is InChI=1S/C73H82N8O17S/c1-43-52(48-18-20-53(76-61(48)67(91)92)44-16-19-54-50(31-44)49(23-24-74-54)65(88)78-68-77-55-13-7-8-14-58(55)99-68)34-75-81(43)42-72-37-70(2)36-71(3,38-72)40-73(39-70,41-72)97-28-26-79(4)69(93)96-35-45-15-17-47(32-56(45)98-57-33-51(66(89)90)62(85)64(87)63(57)86)95-30-29-94-27-10-12-46(82)11-6-5-9-25-80-59(83)21-22-60(80)84/h7-8,13-24,31-32,34,51,57,62-64,85-87H,5-6,9-12,25-30,33,35-42H2,1-4H3,(H,89,90)(H,91,92)(H,77,78,88)/t51-,57+,62+,63-,64-,70?,71?,72?,73?/m0/s1. The molecule has 6 aliphatic rings. The highest BCUT2D eigenvalue weighted by atomic mass is 32.1. The molecule has 26 heteroatoms. The van der Waals surface area contributed by atoms with Crippen molar-refractivity contribution in [1.82, 2.24) is 34.5 Å². The van der Waals surface area contributed by atoms with Crippen LogP contribution < -0.4 is 14.8 Å². The highest BCUT2D eigenvalue weighted by Gasteiger charge is 2.66. The number of amides is 4. The van der Waals surface area contributed by atoms with Gasteiger partial charge in [0.05, 0.1) is 64.0 Å². The molecule has 5 aliphatic carbocycles. The second-order valence-corrected chi connectivity index (χ2v) is 29.1. The van der Waals surface area contributed by atoms with Gasteiger partial charge in [-0.2, -0.15) is 5.10 Å². The van der Waals surface area contributed by atoms with Gasteiger partial charge in [-0.25, -0.2) is 19.6 Å². The summed E-state index contributed by atoms with van der Waals surface area (Å²) >= 11 is 1.37. The van der Waals surface area contributed by atoms with Crippen molar-refractivity contribution in [1.29, 1.82) is 0 Å². The van der Waals surface area contributed by atoms with Crippen LogP contribution in [0.5, 0.6) is 11.5 Å². The molecule has 0 saturated heterocycles. The minimum atomic E-state index is -1.83. The first kappa shape index (κ1) is 69.8. The van der Waals surface area contributed by atoms with E-state index in [1.807, 2.05) is 35.9 Å². The summed E-state index contributed by atoms with van der Waals surface area (Å²) in [5.41, 5.74) is 3.98.